The Morgan fingerprint density at radius 2 is 1.72 bits per heavy atom. The molecule has 3 aromatic rings. The fourth-order valence-electron chi connectivity index (χ4n) is 5.36. The molecule has 1 heterocycles. The second-order valence-corrected chi connectivity index (χ2v) is 8.98. The van der Waals surface area contributed by atoms with Crippen molar-refractivity contribution in [1.82, 2.24) is 5.32 Å². The first-order valence-corrected chi connectivity index (χ1v) is 11.2. The number of carbonyl (C=O) groups is 1. The van der Waals surface area contributed by atoms with E-state index in [1.54, 1.807) is 6.07 Å². The Kier molecular flexibility index (Phi) is 5.03. The van der Waals surface area contributed by atoms with E-state index in [1.165, 1.54) is 0 Å². The molecule has 1 saturated carbocycles. The molecule has 0 bridgehead atoms. The number of hydrogen-bond acceptors (Lipinski definition) is 4. The third-order valence-electron chi connectivity index (χ3n) is 6.87. The quantitative estimate of drug-likeness (QED) is 0.401. The predicted octanol–water partition coefficient (Wildman–Crippen LogP) is 5.77. The van der Waals surface area contributed by atoms with Crippen molar-refractivity contribution in [3.8, 4) is 11.8 Å². The molecule has 5 rings (SSSR count). The maximum absolute atomic E-state index is 14.2. The number of rotatable bonds is 3. The molecule has 1 unspecified atom stereocenters. The zero-order valence-corrected chi connectivity index (χ0v) is 18.3. The van der Waals surface area contributed by atoms with Gasteiger partial charge in [0.25, 0.3) is 0 Å². The summed E-state index contributed by atoms with van der Waals surface area (Å²) in [6.45, 7) is 0. The Morgan fingerprint density at radius 3 is 2.44 bits per heavy atom. The SMILES string of the molecule is N#CC1C(=S)NC(c2ccccc2)=C(C(=O)c2ccc3ccccc3c2O)C12CCCC2. The molecule has 3 aromatic carbocycles. The Hall–Kier alpha value is -3.49. The van der Waals surface area contributed by atoms with Crippen molar-refractivity contribution in [2.45, 2.75) is 25.7 Å². The van der Waals surface area contributed by atoms with Crippen LogP contribution in [0.4, 0.5) is 0 Å². The lowest BCUT2D eigenvalue weighted by atomic mass is 9.64. The zero-order valence-electron chi connectivity index (χ0n) is 17.5. The van der Waals surface area contributed by atoms with E-state index in [9.17, 15) is 15.2 Å². The summed E-state index contributed by atoms with van der Waals surface area (Å²) in [5.41, 5.74) is 1.66. The predicted molar refractivity (Wildman–Crippen MR) is 129 cm³/mol. The number of thiocarbonyl (C=S) groups is 1. The average Bonchev–Trinajstić information content (AvgIpc) is 3.29. The number of Topliss-reactive ketones (excluding diaryl/α,β-unsaturated/α-hetero) is 1. The largest absolute Gasteiger partial charge is 0.507 e. The highest BCUT2D eigenvalue weighted by molar-refractivity contribution is 7.80. The van der Waals surface area contributed by atoms with E-state index in [4.69, 9.17) is 12.2 Å². The Morgan fingerprint density at radius 1 is 1.03 bits per heavy atom. The lowest BCUT2D eigenvalue weighted by molar-refractivity contribution is 0.0990. The Bertz CT molecular complexity index is 1310. The van der Waals surface area contributed by atoms with Crippen LogP contribution in [0.3, 0.4) is 0 Å². The van der Waals surface area contributed by atoms with E-state index in [1.807, 2.05) is 60.7 Å². The molecule has 1 atom stereocenters. The van der Waals surface area contributed by atoms with E-state index in [0.717, 1.165) is 36.6 Å². The number of nitrogens with one attached hydrogen (secondary N) is 1. The maximum atomic E-state index is 14.2. The van der Waals surface area contributed by atoms with Gasteiger partial charge in [0.05, 0.1) is 22.3 Å². The lowest BCUT2D eigenvalue weighted by Crippen LogP contribution is -2.47. The molecule has 1 aliphatic heterocycles. The number of benzene rings is 3. The third kappa shape index (κ3) is 3.03. The molecular weight excluding hydrogens is 416 g/mol. The van der Waals surface area contributed by atoms with E-state index < -0.39 is 11.3 Å². The monoisotopic (exact) mass is 438 g/mol. The van der Waals surface area contributed by atoms with Crippen LogP contribution in [-0.4, -0.2) is 15.9 Å². The van der Waals surface area contributed by atoms with Gasteiger partial charge >= 0.3 is 0 Å². The maximum Gasteiger partial charge on any atom is 0.195 e. The molecule has 4 nitrogen and oxygen atoms in total. The van der Waals surface area contributed by atoms with Crippen molar-refractivity contribution in [3.63, 3.8) is 0 Å². The van der Waals surface area contributed by atoms with Gasteiger partial charge in [-0.05, 0) is 29.9 Å². The summed E-state index contributed by atoms with van der Waals surface area (Å²) in [5.74, 6) is -0.846. The van der Waals surface area contributed by atoms with Crippen LogP contribution < -0.4 is 5.32 Å². The van der Waals surface area contributed by atoms with Crippen LogP contribution in [0.1, 0.15) is 41.6 Å². The molecular formula is C27H22N2O2S. The van der Waals surface area contributed by atoms with Crippen LogP contribution >= 0.6 is 12.2 Å². The van der Waals surface area contributed by atoms with Gasteiger partial charge in [0, 0.05) is 16.4 Å². The van der Waals surface area contributed by atoms with Crippen molar-refractivity contribution in [2.75, 3.05) is 0 Å². The van der Waals surface area contributed by atoms with E-state index >= 15 is 0 Å². The fourth-order valence-corrected chi connectivity index (χ4v) is 5.74. The van der Waals surface area contributed by atoms with Gasteiger partial charge in [-0.15, -0.1) is 0 Å². The van der Waals surface area contributed by atoms with E-state index in [2.05, 4.69) is 11.4 Å². The number of fused-ring (bicyclic) bond motifs is 1. The van der Waals surface area contributed by atoms with Gasteiger partial charge in [-0.2, -0.15) is 5.26 Å². The zero-order chi connectivity index (χ0) is 22.3. The number of nitriles is 1. The standard InChI is InChI=1S/C27H22N2O2S/c28-16-21-26(32)29-23(18-9-2-1-3-10-18)22(27(21)14-6-7-15-27)25(31)20-13-12-17-8-4-5-11-19(17)24(20)30/h1-5,8-13,21,30H,6-7,14-15H2,(H,29,32). The van der Waals surface area contributed by atoms with Gasteiger partial charge in [0.1, 0.15) is 11.7 Å². The molecule has 32 heavy (non-hydrogen) atoms. The molecule has 1 aliphatic carbocycles. The summed E-state index contributed by atoms with van der Waals surface area (Å²) in [6, 6.07) is 23.0. The molecule has 0 saturated heterocycles. The number of hydrogen-bond donors (Lipinski definition) is 2. The number of phenolic OH excluding ortho intramolecular Hbond substituents is 1. The van der Waals surface area contributed by atoms with Crippen molar-refractivity contribution in [3.05, 3.63) is 83.4 Å². The summed E-state index contributed by atoms with van der Waals surface area (Å²) in [6.07, 6.45) is 3.31. The number of aromatic hydroxyl groups is 1. The highest BCUT2D eigenvalue weighted by atomic mass is 32.1. The van der Waals surface area contributed by atoms with Crippen molar-refractivity contribution < 1.29 is 9.90 Å². The second-order valence-electron chi connectivity index (χ2n) is 8.54. The molecule has 158 valence electrons. The first-order chi connectivity index (χ1) is 15.6. The smallest absolute Gasteiger partial charge is 0.195 e. The highest BCUT2D eigenvalue weighted by Crippen LogP contribution is 2.55. The normalized spacial score (nSPS) is 19.7. The average molecular weight is 439 g/mol. The van der Waals surface area contributed by atoms with E-state index in [0.29, 0.717) is 21.6 Å². The fraction of sp³-hybridized carbons (Fsp3) is 0.222. The molecule has 5 heteroatoms. The summed E-state index contributed by atoms with van der Waals surface area (Å²) in [5, 5.41) is 25.8. The molecule has 2 N–H and O–H groups in total. The number of allylic oxidation sites excluding steroid dienone is 1. The number of nitrogens with zero attached hydrogens (tertiary/aromatic N) is 1. The van der Waals surface area contributed by atoms with Crippen LogP contribution in [0.15, 0.2) is 72.3 Å². The van der Waals surface area contributed by atoms with Gasteiger partial charge in [-0.3, -0.25) is 4.79 Å². The van der Waals surface area contributed by atoms with Crippen molar-refractivity contribution in [2.24, 2.45) is 11.3 Å². The van der Waals surface area contributed by atoms with Crippen LogP contribution in [-0.2, 0) is 0 Å². The lowest BCUT2D eigenvalue weighted by Gasteiger charge is -2.42. The number of ketones is 1. The number of phenols is 1. The van der Waals surface area contributed by atoms with Crippen LogP contribution in [0.5, 0.6) is 5.75 Å². The van der Waals surface area contributed by atoms with Crippen LogP contribution in [0.25, 0.3) is 16.5 Å². The topological polar surface area (TPSA) is 73.1 Å². The van der Waals surface area contributed by atoms with E-state index in [-0.39, 0.29) is 17.1 Å². The Labute approximate surface area is 192 Å². The van der Waals surface area contributed by atoms with Crippen molar-refractivity contribution in [1.29, 1.82) is 5.26 Å². The van der Waals surface area contributed by atoms with Gasteiger partial charge in [0.15, 0.2) is 5.78 Å². The van der Waals surface area contributed by atoms with Gasteiger partial charge in [-0.1, -0.05) is 85.7 Å². The molecule has 0 radical (unpaired) electrons. The minimum absolute atomic E-state index is 0.0252. The van der Waals surface area contributed by atoms with Crippen molar-refractivity contribution >= 4 is 39.5 Å². The highest BCUT2D eigenvalue weighted by Gasteiger charge is 2.53. The summed E-state index contributed by atoms with van der Waals surface area (Å²) in [4.78, 5) is 14.6. The first kappa shape index (κ1) is 20.4. The first-order valence-electron chi connectivity index (χ1n) is 10.8. The van der Waals surface area contributed by atoms with Crippen LogP contribution in [0, 0.1) is 22.7 Å². The molecule has 2 aliphatic rings. The summed E-state index contributed by atoms with van der Waals surface area (Å²) in [7, 11) is 0. The molecule has 1 fully saturated rings. The van der Waals surface area contributed by atoms with Crippen LogP contribution in [0.2, 0.25) is 0 Å². The molecule has 0 amide bonds. The minimum atomic E-state index is -0.655. The number of carbonyl (C=O) groups excluding carboxylic acids is 1. The third-order valence-corrected chi connectivity index (χ3v) is 7.21. The van der Waals surface area contributed by atoms with Gasteiger partial charge < -0.3 is 10.4 Å². The minimum Gasteiger partial charge on any atom is -0.507 e. The van der Waals surface area contributed by atoms with Gasteiger partial charge in [-0.25, -0.2) is 0 Å². The molecule has 1 spiro atoms. The summed E-state index contributed by atoms with van der Waals surface area (Å²) >= 11 is 5.63. The summed E-state index contributed by atoms with van der Waals surface area (Å²) < 4.78 is 0. The Balaban J connectivity index is 1.79. The van der Waals surface area contributed by atoms with Gasteiger partial charge in [0.2, 0.25) is 0 Å². The molecule has 0 aromatic heterocycles. The second kappa shape index (κ2) is 7.89.